The van der Waals surface area contributed by atoms with Gasteiger partial charge in [-0.1, -0.05) is 60.7 Å². The molecule has 1 saturated heterocycles. The molecule has 3 atom stereocenters. The zero-order valence-electron chi connectivity index (χ0n) is 14.9. The average molecular weight is 383 g/mol. The third-order valence-corrected chi connectivity index (χ3v) is 5.03. The van der Waals surface area contributed by atoms with Crippen LogP contribution in [0.25, 0.3) is 0 Å². The van der Waals surface area contributed by atoms with Gasteiger partial charge in [-0.25, -0.2) is 14.1 Å². The van der Waals surface area contributed by atoms with E-state index in [-0.39, 0.29) is 19.6 Å². The average Bonchev–Trinajstić information content (AvgIpc) is 3.29. The van der Waals surface area contributed by atoms with Crippen molar-refractivity contribution < 1.29 is 28.2 Å². The van der Waals surface area contributed by atoms with Crippen molar-refractivity contribution in [3.63, 3.8) is 0 Å². The summed E-state index contributed by atoms with van der Waals surface area (Å²) in [4.78, 5) is 37.8. The van der Waals surface area contributed by atoms with Gasteiger partial charge < -0.3 is 9.47 Å². The first kappa shape index (κ1) is 18.2. The summed E-state index contributed by atoms with van der Waals surface area (Å²) < 4.78 is 25.2. The van der Waals surface area contributed by atoms with Crippen LogP contribution in [0.2, 0.25) is 0 Å². The van der Waals surface area contributed by atoms with Gasteiger partial charge >= 0.3 is 12.1 Å². The molecule has 0 aromatic heterocycles. The number of hydrogen-bond donors (Lipinski definition) is 0. The Morgan fingerprint density at radius 3 is 2.43 bits per heavy atom. The van der Waals surface area contributed by atoms with Gasteiger partial charge in [-0.05, 0) is 11.1 Å². The number of carbonyl (C=O) groups is 3. The molecule has 6 nitrogen and oxygen atoms in total. The van der Waals surface area contributed by atoms with Crippen molar-refractivity contribution >= 4 is 18.0 Å². The van der Waals surface area contributed by atoms with E-state index in [0.717, 1.165) is 10.5 Å². The number of esters is 1. The van der Waals surface area contributed by atoms with Crippen molar-refractivity contribution in [1.82, 2.24) is 4.90 Å². The largest absolute Gasteiger partial charge is 0.460 e. The molecular weight excluding hydrogens is 365 g/mol. The van der Waals surface area contributed by atoms with Crippen LogP contribution < -0.4 is 0 Å². The lowest BCUT2D eigenvalue weighted by Crippen LogP contribution is -2.42. The third-order valence-electron chi connectivity index (χ3n) is 5.03. The summed E-state index contributed by atoms with van der Waals surface area (Å²) >= 11 is 0. The second-order valence-corrected chi connectivity index (χ2v) is 6.89. The van der Waals surface area contributed by atoms with Crippen LogP contribution in [-0.4, -0.2) is 35.1 Å². The van der Waals surface area contributed by atoms with Crippen LogP contribution >= 0.6 is 0 Å². The molecule has 1 saturated carbocycles. The third kappa shape index (κ3) is 3.24. The summed E-state index contributed by atoms with van der Waals surface area (Å²) in [5, 5.41) is 0. The van der Waals surface area contributed by atoms with Gasteiger partial charge in [-0.15, -0.1) is 0 Å². The molecule has 0 N–H and O–H groups in total. The van der Waals surface area contributed by atoms with E-state index in [4.69, 9.17) is 9.47 Å². The molecule has 0 spiro atoms. The molecule has 1 aliphatic heterocycles. The summed E-state index contributed by atoms with van der Waals surface area (Å²) in [5.74, 6) is -3.05. The molecule has 2 fully saturated rings. The topological polar surface area (TPSA) is 72.9 Å². The van der Waals surface area contributed by atoms with Crippen molar-refractivity contribution in [2.45, 2.75) is 24.7 Å². The SMILES string of the molecule is O=C(OCc1ccccc1)[C@H]1C[C@]1(F)C(=O)N1C(=O)OC[C@@H]1c1ccccc1. The van der Waals surface area contributed by atoms with Crippen molar-refractivity contribution in [3.8, 4) is 0 Å². The Hall–Kier alpha value is -3.22. The number of halogens is 1. The smallest absolute Gasteiger partial charge is 0.417 e. The molecule has 0 bridgehead atoms. The second-order valence-electron chi connectivity index (χ2n) is 6.89. The maximum atomic E-state index is 15.1. The number of rotatable bonds is 5. The van der Waals surface area contributed by atoms with Crippen molar-refractivity contribution in [2.24, 2.45) is 5.92 Å². The molecule has 0 radical (unpaired) electrons. The van der Waals surface area contributed by atoms with E-state index in [0.29, 0.717) is 5.56 Å². The van der Waals surface area contributed by atoms with Gasteiger partial charge in [0.15, 0.2) is 0 Å². The lowest BCUT2D eigenvalue weighted by atomic mass is 10.1. The predicted molar refractivity (Wildman–Crippen MR) is 95.6 cm³/mol. The molecule has 7 heteroatoms. The second kappa shape index (κ2) is 7.07. The van der Waals surface area contributed by atoms with Gasteiger partial charge in [-0.3, -0.25) is 9.59 Å². The maximum absolute atomic E-state index is 15.1. The molecule has 28 heavy (non-hydrogen) atoms. The van der Waals surface area contributed by atoms with Gasteiger partial charge in [0.05, 0.1) is 0 Å². The fourth-order valence-electron chi connectivity index (χ4n) is 3.34. The molecule has 1 heterocycles. The molecule has 2 aliphatic rings. The van der Waals surface area contributed by atoms with E-state index < -0.39 is 35.6 Å². The van der Waals surface area contributed by atoms with Crippen LogP contribution in [0.1, 0.15) is 23.6 Å². The number of nitrogens with zero attached hydrogens (tertiary/aromatic N) is 1. The standard InChI is InChI=1S/C21H18FNO5/c22-21(11-16(21)18(24)27-12-14-7-3-1-4-8-14)19(25)23-17(13-28-20(23)26)15-9-5-2-6-10-15/h1-10,16-17H,11-13H2/t16-,17-,21-/m1/s1. The number of carbonyl (C=O) groups excluding carboxylic acids is 3. The van der Waals surface area contributed by atoms with Crippen LogP contribution in [0.15, 0.2) is 60.7 Å². The number of hydrogen-bond acceptors (Lipinski definition) is 5. The molecule has 2 aromatic carbocycles. The van der Waals surface area contributed by atoms with E-state index in [9.17, 15) is 14.4 Å². The van der Waals surface area contributed by atoms with Crippen molar-refractivity contribution in [2.75, 3.05) is 6.61 Å². The number of cyclic esters (lactones) is 1. The normalized spacial score (nSPS) is 25.9. The van der Waals surface area contributed by atoms with Crippen LogP contribution in [-0.2, 0) is 25.7 Å². The molecule has 1 aliphatic carbocycles. The minimum atomic E-state index is -2.44. The van der Waals surface area contributed by atoms with Crippen LogP contribution in [0.5, 0.6) is 0 Å². The van der Waals surface area contributed by atoms with Crippen LogP contribution in [0.3, 0.4) is 0 Å². The molecule has 2 amide bonds. The van der Waals surface area contributed by atoms with Gasteiger partial charge in [0.25, 0.3) is 5.91 Å². The number of alkyl halides is 1. The number of ether oxygens (including phenoxy) is 2. The number of amides is 2. The Morgan fingerprint density at radius 2 is 1.75 bits per heavy atom. The Bertz CT molecular complexity index is 904. The summed E-state index contributed by atoms with van der Waals surface area (Å²) in [7, 11) is 0. The highest BCUT2D eigenvalue weighted by molar-refractivity contribution is 6.04. The Morgan fingerprint density at radius 1 is 1.11 bits per heavy atom. The van der Waals surface area contributed by atoms with Crippen molar-refractivity contribution in [3.05, 3.63) is 71.8 Å². The summed E-state index contributed by atoms with van der Waals surface area (Å²) in [6.45, 7) is -0.0490. The highest BCUT2D eigenvalue weighted by Gasteiger charge is 2.69. The zero-order chi connectivity index (χ0) is 19.7. The highest BCUT2D eigenvalue weighted by Crippen LogP contribution is 2.51. The fraction of sp³-hybridized carbons (Fsp3) is 0.286. The summed E-state index contributed by atoms with van der Waals surface area (Å²) in [6, 6.07) is 17.0. The van der Waals surface area contributed by atoms with Gasteiger partial charge in [0, 0.05) is 6.42 Å². The molecule has 4 rings (SSSR count). The minimum absolute atomic E-state index is 0.00115. The van der Waals surface area contributed by atoms with Crippen molar-refractivity contribution in [1.29, 1.82) is 0 Å². The molecule has 144 valence electrons. The number of benzene rings is 2. The van der Waals surface area contributed by atoms with Crippen LogP contribution in [0, 0.1) is 5.92 Å². The van der Waals surface area contributed by atoms with E-state index >= 15 is 4.39 Å². The number of imide groups is 1. The van der Waals surface area contributed by atoms with Gasteiger partial charge in [-0.2, -0.15) is 0 Å². The summed E-state index contributed by atoms with van der Waals surface area (Å²) in [6.07, 6.45) is -1.20. The first-order valence-electron chi connectivity index (χ1n) is 8.95. The first-order valence-corrected chi connectivity index (χ1v) is 8.95. The Labute approximate surface area is 160 Å². The van der Waals surface area contributed by atoms with Gasteiger partial charge in [0.1, 0.15) is 25.2 Å². The minimum Gasteiger partial charge on any atom is -0.460 e. The monoisotopic (exact) mass is 383 g/mol. The maximum Gasteiger partial charge on any atom is 0.417 e. The Kier molecular flexibility index (Phi) is 4.58. The quantitative estimate of drug-likeness (QED) is 0.742. The first-order chi connectivity index (χ1) is 13.5. The van der Waals surface area contributed by atoms with Crippen LogP contribution in [0.4, 0.5) is 9.18 Å². The predicted octanol–water partition coefficient (Wildman–Crippen LogP) is 3.18. The Balaban J connectivity index is 1.44. The van der Waals surface area contributed by atoms with E-state index in [1.165, 1.54) is 0 Å². The lowest BCUT2D eigenvalue weighted by molar-refractivity contribution is -0.151. The highest BCUT2D eigenvalue weighted by atomic mass is 19.1. The fourth-order valence-corrected chi connectivity index (χ4v) is 3.34. The van der Waals surface area contributed by atoms with E-state index in [2.05, 4.69) is 0 Å². The molecular formula is C21H18FNO5. The summed E-state index contributed by atoms with van der Waals surface area (Å²) in [5.41, 5.74) is -1.02. The van der Waals surface area contributed by atoms with Gasteiger partial charge in [0.2, 0.25) is 5.67 Å². The van der Waals surface area contributed by atoms with E-state index in [1.54, 1.807) is 54.6 Å². The lowest BCUT2D eigenvalue weighted by Gasteiger charge is -2.21. The molecule has 2 aromatic rings. The molecule has 0 unspecified atom stereocenters. The zero-order valence-corrected chi connectivity index (χ0v) is 14.9. The van der Waals surface area contributed by atoms with E-state index in [1.807, 2.05) is 6.07 Å².